The Morgan fingerprint density at radius 1 is 0.933 bits per heavy atom. The zero-order chi connectivity index (χ0) is 11.5. The number of rotatable bonds is 5. The first-order chi connectivity index (χ1) is 6.89. The van der Waals surface area contributed by atoms with Crippen LogP contribution in [0.25, 0.3) is 0 Å². The molecular formula is C12H24O3. The number of aliphatic hydroxyl groups excluding tert-OH is 1. The van der Waals surface area contributed by atoms with Crippen LogP contribution in [0.1, 0.15) is 53.4 Å². The largest absolute Gasteiger partial charge is 0.396 e. The van der Waals surface area contributed by atoms with Gasteiger partial charge in [0.1, 0.15) is 0 Å². The van der Waals surface area contributed by atoms with Gasteiger partial charge in [0.2, 0.25) is 0 Å². The van der Waals surface area contributed by atoms with Crippen LogP contribution in [0.5, 0.6) is 0 Å². The number of hydrogen-bond donors (Lipinski definition) is 1. The van der Waals surface area contributed by atoms with Gasteiger partial charge in [-0.2, -0.15) is 0 Å². The van der Waals surface area contributed by atoms with Gasteiger partial charge in [0.15, 0.2) is 6.29 Å². The van der Waals surface area contributed by atoms with Crippen molar-refractivity contribution < 1.29 is 14.6 Å². The lowest BCUT2D eigenvalue weighted by molar-refractivity contribution is -0.0913. The molecule has 3 heteroatoms. The zero-order valence-electron chi connectivity index (χ0n) is 10.4. The molecule has 0 radical (unpaired) electrons. The van der Waals surface area contributed by atoms with Crippen molar-refractivity contribution in [1.82, 2.24) is 0 Å². The summed E-state index contributed by atoms with van der Waals surface area (Å²) in [6, 6.07) is 0. The van der Waals surface area contributed by atoms with Crippen molar-refractivity contribution in [1.29, 1.82) is 0 Å². The van der Waals surface area contributed by atoms with Gasteiger partial charge in [0.25, 0.3) is 0 Å². The molecule has 90 valence electrons. The molecular weight excluding hydrogens is 192 g/mol. The summed E-state index contributed by atoms with van der Waals surface area (Å²) in [4.78, 5) is 0. The quantitative estimate of drug-likeness (QED) is 0.717. The highest BCUT2D eigenvalue weighted by atomic mass is 16.7. The lowest BCUT2D eigenvalue weighted by Crippen LogP contribution is -2.41. The molecule has 1 rings (SSSR count). The van der Waals surface area contributed by atoms with Crippen LogP contribution in [0.2, 0.25) is 0 Å². The molecule has 0 saturated carbocycles. The lowest BCUT2D eigenvalue weighted by Gasteiger charge is -2.30. The van der Waals surface area contributed by atoms with E-state index < -0.39 is 0 Å². The van der Waals surface area contributed by atoms with Gasteiger partial charge in [-0.25, -0.2) is 0 Å². The van der Waals surface area contributed by atoms with Crippen LogP contribution in [-0.2, 0) is 9.47 Å². The molecule has 0 aromatic rings. The molecule has 1 aliphatic rings. The fourth-order valence-electron chi connectivity index (χ4n) is 1.68. The van der Waals surface area contributed by atoms with Crippen molar-refractivity contribution in [3.8, 4) is 0 Å². The SMILES string of the molecule is CC1(C)OC(CCCCCO)OC1(C)C. The third kappa shape index (κ3) is 3.16. The molecule has 1 heterocycles. The summed E-state index contributed by atoms with van der Waals surface area (Å²) in [5, 5.41) is 8.66. The average Bonchev–Trinajstić information content (AvgIpc) is 2.30. The monoisotopic (exact) mass is 216 g/mol. The Balaban J connectivity index is 2.30. The first kappa shape index (κ1) is 12.9. The summed E-state index contributed by atoms with van der Waals surface area (Å²) in [6.07, 6.45) is 3.82. The predicted octanol–water partition coefficient (Wildman–Crippen LogP) is 2.47. The summed E-state index contributed by atoms with van der Waals surface area (Å²) < 4.78 is 11.7. The molecule has 1 fully saturated rings. The molecule has 1 aliphatic heterocycles. The number of hydrogen-bond acceptors (Lipinski definition) is 3. The molecule has 0 bridgehead atoms. The Bertz CT molecular complexity index is 183. The summed E-state index contributed by atoms with van der Waals surface area (Å²) in [5.41, 5.74) is -0.427. The highest BCUT2D eigenvalue weighted by Crippen LogP contribution is 2.39. The van der Waals surface area contributed by atoms with Gasteiger partial charge in [-0.3, -0.25) is 0 Å². The van der Waals surface area contributed by atoms with Gasteiger partial charge < -0.3 is 14.6 Å². The van der Waals surface area contributed by atoms with E-state index in [4.69, 9.17) is 14.6 Å². The van der Waals surface area contributed by atoms with Gasteiger partial charge in [0, 0.05) is 6.61 Å². The number of ether oxygens (including phenoxy) is 2. The van der Waals surface area contributed by atoms with E-state index in [1.165, 1.54) is 0 Å². The number of aliphatic hydroxyl groups is 1. The van der Waals surface area contributed by atoms with Crippen LogP contribution >= 0.6 is 0 Å². The first-order valence-corrected chi connectivity index (χ1v) is 5.85. The second kappa shape index (κ2) is 4.81. The lowest BCUT2D eigenvalue weighted by atomic mass is 9.90. The summed E-state index contributed by atoms with van der Waals surface area (Å²) >= 11 is 0. The maximum atomic E-state index is 8.66. The van der Waals surface area contributed by atoms with E-state index in [0.717, 1.165) is 25.7 Å². The number of unbranched alkanes of at least 4 members (excludes halogenated alkanes) is 2. The Morgan fingerprint density at radius 2 is 1.47 bits per heavy atom. The van der Waals surface area contributed by atoms with E-state index in [-0.39, 0.29) is 24.1 Å². The Kier molecular flexibility index (Phi) is 4.15. The molecule has 0 unspecified atom stereocenters. The molecule has 0 atom stereocenters. The van der Waals surface area contributed by atoms with Gasteiger partial charge >= 0.3 is 0 Å². The predicted molar refractivity (Wildman–Crippen MR) is 59.7 cm³/mol. The molecule has 0 amide bonds. The molecule has 1 saturated heterocycles. The van der Waals surface area contributed by atoms with E-state index >= 15 is 0 Å². The maximum absolute atomic E-state index is 8.66. The molecule has 0 aromatic heterocycles. The van der Waals surface area contributed by atoms with Crippen molar-refractivity contribution >= 4 is 0 Å². The van der Waals surface area contributed by atoms with Crippen molar-refractivity contribution in [3.63, 3.8) is 0 Å². The molecule has 1 N–H and O–H groups in total. The maximum Gasteiger partial charge on any atom is 0.159 e. The van der Waals surface area contributed by atoms with E-state index in [2.05, 4.69) is 27.7 Å². The van der Waals surface area contributed by atoms with Crippen molar-refractivity contribution in [2.24, 2.45) is 0 Å². The molecule has 0 aliphatic carbocycles. The third-order valence-electron chi connectivity index (χ3n) is 3.40. The van der Waals surface area contributed by atoms with Crippen LogP contribution in [0.15, 0.2) is 0 Å². The Morgan fingerprint density at radius 3 is 1.93 bits per heavy atom. The van der Waals surface area contributed by atoms with Gasteiger partial charge in [-0.1, -0.05) is 6.42 Å². The normalized spacial score (nSPS) is 24.6. The standard InChI is InChI=1S/C12H24O3/c1-11(2)12(3,4)15-10(14-11)8-6-5-7-9-13/h10,13H,5-9H2,1-4H3. The van der Waals surface area contributed by atoms with E-state index in [9.17, 15) is 0 Å². The van der Waals surface area contributed by atoms with Crippen LogP contribution in [-0.4, -0.2) is 29.2 Å². The summed E-state index contributed by atoms with van der Waals surface area (Å²) in [5.74, 6) is 0. The smallest absolute Gasteiger partial charge is 0.159 e. The highest BCUT2D eigenvalue weighted by Gasteiger charge is 2.48. The fourth-order valence-corrected chi connectivity index (χ4v) is 1.68. The molecule has 0 spiro atoms. The Hall–Kier alpha value is -0.120. The van der Waals surface area contributed by atoms with Crippen molar-refractivity contribution in [2.75, 3.05) is 6.61 Å². The second-order valence-electron chi connectivity index (χ2n) is 5.26. The third-order valence-corrected chi connectivity index (χ3v) is 3.40. The highest BCUT2D eigenvalue weighted by molar-refractivity contribution is 4.94. The van der Waals surface area contributed by atoms with E-state index in [1.807, 2.05) is 0 Å². The average molecular weight is 216 g/mol. The zero-order valence-corrected chi connectivity index (χ0v) is 10.4. The molecule has 15 heavy (non-hydrogen) atoms. The van der Waals surface area contributed by atoms with Crippen molar-refractivity contribution in [2.45, 2.75) is 70.9 Å². The van der Waals surface area contributed by atoms with E-state index in [0.29, 0.717) is 0 Å². The van der Waals surface area contributed by atoms with Gasteiger partial charge in [-0.05, 0) is 47.0 Å². The van der Waals surface area contributed by atoms with Gasteiger partial charge in [0.05, 0.1) is 11.2 Å². The van der Waals surface area contributed by atoms with Crippen LogP contribution in [0.3, 0.4) is 0 Å². The van der Waals surface area contributed by atoms with Crippen molar-refractivity contribution in [3.05, 3.63) is 0 Å². The minimum atomic E-state index is -0.214. The Labute approximate surface area is 92.8 Å². The van der Waals surface area contributed by atoms with Crippen LogP contribution < -0.4 is 0 Å². The molecule has 0 aromatic carbocycles. The second-order valence-corrected chi connectivity index (χ2v) is 5.26. The van der Waals surface area contributed by atoms with Gasteiger partial charge in [-0.15, -0.1) is 0 Å². The fraction of sp³-hybridized carbons (Fsp3) is 1.00. The molecule has 3 nitrogen and oxygen atoms in total. The van der Waals surface area contributed by atoms with Crippen LogP contribution in [0.4, 0.5) is 0 Å². The summed E-state index contributed by atoms with van der Waals surface area (Å²) in [6.45, 7) is 8.56. The van der Waals surface area contributed by atoms with Crippen LogP contribution in [0, 0.1) is 0 Å². The van der Waals surface area contributed by atoms with E-state index in [1.54, 1.807) is 0 Å². The minimum Gasteiger partial charge on any atom is -0.396 e. The summed E-state index contributed by atoms with van der Waals surface area (Å²) in [7, 11) is 0. The first-order valence-electron chi connectivity index (χ1n) is 5.85. The topological polar surface area (TPSA) is 38.7 Å². The minimum absolute atomic E-state index is 0.0753.